The minimum atomic E-state index is -0.481. The van der Waals surface area contributed by atoms with Gasteiger partial charge in [-0.1, -0.05) is 60.1 Å². The fourth-order valence-corrected chi connectivity index (χ4v) is 2.54. The summed E-state index contributed by atoms with van der Waals surface area (Å²) < 4.78 is 10.7. The second-order valence-corrected chi connectivity index (χ2v) is 5.99. The molecule has 0 aliphatic rings. The first-order valence-corrected chi connectivity index (χ1v) is 8.25. The van der Waals surface area contributed by atoms with Gasteiger partial charge in [0.15, 0.2) is 6.61 Å². The third kappa shape index (κ3) is 4.61. The number of halogens is 1. The number of benzene rings is 3. The van der Waals surface area contributed by atoms with Crippen molar-refractivity contribution < 1.29 is 14.3 Å². The fraction of sp³-hybridized carbons (Fsp3) is 0.0952. The summed E-state index contributed by atoms with van der Waals surface area (Å²) in [6.45, 7) is 1.72. The van der Waals surface area contributed by atoms with Crippen LogP contribution in [0.1, 0.15) is 5.56 Å². The molecule has 0 aromatic heterocycles. The van der Waals surface area contributed by atoms with E-state index in [9.17, 15) is 4.79 Å². The highest BCUT2D eigenvalue weighted by Crippen LogP contribution is 2.25. The van der Waals surface area contributed by atoms with Crippen molar-refractivity contribution in [1.29, 1.82) is 0 Å². The van der Waals surface area contributed by atoms with Gasteiger partial charge in [0.05, 0.1) is 5.02 Å². The fourth-order valence-electron chi connectivity index (χ4n) is 2.36. The molecule has 0 spiro atoms. The van der Waals surface area contributed by atoms with E-state index in [0.717, 1.165) is 16.7 Å². The van der Waals surface area contributed by atoms with Crippen LogP contribution in [0, 0.1) is 6.92 Å². The maximum atomic E-state index is 11.9. The van der Waals surface area contributed by atoms with Crippen molar-refractivity contribution in [1.82, 2.24) is 0 Å². The van der Waals surface area contributed by atoms with Crippen molar-refractivity contribution in [3.63, 3.8) is 0 Å². The van der Waals surface area contributed by atoms with Gasteiger partial charge in [0.1, 0.15) is 11.5 Å². The molecule has 3 aromatic carbocycles. The minimum Gasteiger partial charge on any atom is -0.480 e. The van der Waals surface area contributed by atoms with Gasteiger partial charge in [-0.25, -0.2) is 4.79 Å². The monoisotopic (exact) mass is 352 g/mol. The van der Waals surface area contributed by atoms with Crippen LogP contribution >= 0.6 is 11.6 Å². The summed E-state index contributed by atoms with van der Waals surface area (Å²) in [5.41, 5.74) is 3.17. The van der Waals surface area contributed by atoms with E-state index in [-0.39, 0.29) is 6.61 Å². The minimum absolute atomic E-state index is 0.205. The van der Waals surface area contributed by atoms with E-state index in [2.05, 4.69) is 0 Å². The number of esters is 1. The van der Waals surface area contributed by atoms with Crippen LogP contribution < -0.4 is 9.47 Å². The molecule has 3 rings (SSSR count). The lowest BCUT2D eigenvalue weighted by molar-refractivity contribution is -0.136. The average molecular weight is 353 g/mol. The largest absolute Gasteiger partial charge is 0.480 e. The zero-order valence-electron chi connectivity index (χ0n) is 13.7. The summed E-state index contributed by atoms with van der Waals surface area (Å²) in [6.07, 6.45) is 0. The highest BCUT2D eigenvalue weighted by molar-refractivity contribution is 6.32. The lowest BCUT2D eigenvalue weighted by Crippen LogP contribution is -2.17. The van der Waals surface area contributed by atoms with E-state index in [1.165, 1.54) is 0 Å². The third-order valence-corrected chi connectivity index (χ3v) is 3.94. The molecule has 0 fully saturated rings. The van der Waals surface area contributed by atoms with Crippen molar-refractivity contribution in [2.24, 2.45) is 0 Å². The van der Waals surface area contributed by atoms with E-state index < -0.39 is 5.97 Å². The van der Waals surface area contributed by atoms with Crippen LogP contribution in [0.15, 0.2) is 72.8 Å². The van der Waals surface area contributed by atoms with Crippen molar-refractivity contribution in [2.45, 2.75) is 6.92 Å². The Labute approximate surface area is 151 Å². The van der Waals surface area contributed by atoms with E-state index in [1.807, 2.05) is 55.5 Å². The number of ether oxygens (including phenoxy) is 2. The Morgan fingerprint density at radius 1 is 0.920 bits per heavy atom. The van der Waals surface area contributed by atoms with Crippen LogP contribution in [0.5, 0.6) is 11.5 Å². The molecule has 3 nitrogen and oxygen atoms in total. The quantitative estimate of drug-likeness (QED) is 0.461. The average Bonchev–Trinajstić information content (AvgIpc) is 2.64. The molecule has 25 heavy (non-hydrogen) atoms. The molecule has 0 heterocycles. The third-order valence-electron chi connectivity index (χ3n) is 3.63. The smallest absolute Gasteiger partial charge is 0.349 e. The molecule has 0 aliphatic carbocycles. The molecule has 0 unspecified atom stereocenters. The van der Waals surface area contributed by atoms with Crippen LogP contribution in [-0.2, 0) is 4.79 Å². The molecule has 0 saturated carbocycles. The molecule has 0 radical (unpaired) electrons. The molecule has 0 aliphatic heterocycles. The maximum Gasteiger partial charge on any atom is 0.349 e. The molecule has 4 heteroatoms. The molecular formula is C21H17ClO3. The molecule has 0 N–H and O–H groups in total. The van der Waals surface area contributed by atoms with Gasteiger partial charge in [-0.2, -0.15) is 0 Å². The zero-order valence-corrected chi connectivity index (χ0v) is 14.5. The van der Waals surface area contributed by atoms with Crippen LogP contribution in [0.2, 0.25) is 5.02 Å². The normalized spacial score (nSPS) is 10.3. The van der Waals surface area contributed by atoms with Crippen LogP contribution in [-0.4, -0.2) is 12.6 Å². The molecule has 0 atom stereocenters. The van der Waals surface area contributed by atoms with Gasteiger partial charge < -0.3 is 9.47 Å². The molecule has 0 bridgehead atoms. The number of rotatable bonds is 5. The second kappa shape index (κ2) is 7.86. The Kier molecular flexibility index (Phi) is 5.36. The number of carbonyl (C=O) groups excluding carboxylic acids is 1. The van der Waals surface area contributed by atoms with E-state index in [1.54, 1.807) is 24.3 Å². The van der Waals surface area contributed by atoms with Gasteiger partial charge in [0.25, 0.3) is 0 Å². The van der Waals surface area contributed by atoms with Crippen molar-refractivity contribution in [3.8, 4) is 22.6 Å². The Bertz CT molecular complexity index is 858. The molecule has 0 amide bonds. The summed E-state index contributed by atoms with van der Waals surface area (Å²) in [5, 5.41) is 0.464. The van der Waals surface area contributed by atoms with Gasteiger partial charge in [0, 0.05) is 0 Å². The van der Waals surface area contributed by atoms with Gasteiger partial charge in [-0.05, 0) is 47.9 Å². The number of hydrogen-bond donors (Lipinski definition) is 0. The summed E-state index contributed by atoms with van der Waals surface area (Å²) in [4.78, 5) is 11.9. The lowest BCUT2D eigenvalue weighted by Gasteiger charge is -2.09. The van der Waals surface area contributed by atoms with Crippen molar-refractivity contribution >= 4 is 17.6 Å². The Hall–Kier alpha value is -2.78. The molecule has 126 valence electrons. The Balaban J connectivity index is 1.59. The summed E-state index contributed by atoms with van der Waals surface area (Å²) in [5.74, 6) is 0.465. The highest BCUT2D eigenvalue weighted by atomic mass is 35.5. The Morgan fingerprint density at radius 3 is 2.32 bits per heavy atom. The van der Waals surface area contributed by atoms with Crippen molar-refractivity contribution in [2.75, 3.05) is 6.61 Å². The van der Waals surface area contributed by atoms with Gasteiger partial charge in [-0.3, -0.25) is 0 Å². The molecular weight excluding hydrogens is 336 g/mol. The number of hydrogen-bond acceptors (Lipinski definition) is 3. The van der Waals surface area contributed by atoms with Gasteiger partial charge >= 0.3 is 5.97 Å². The summed E-state index contributed by atoms with van der Waals surface area (Å²) in [6, 6.07) is 22.7. The Morgan fingerprint density at radius 2 is 1.60 bits per heavy atom. The topological polar surface area (TPSA) is 35.5 Å². The highest BCUT2D eigenvalue weighted by Gasteiger charge is 2.09. The first-order chi connectivity index (χ1) is 12.1. The van der Waals surface area contributed by atoms with E-state index >= 15 is 0 Å². The zero-order chi connectivity index (χ0) is 17.6. The maximum absolute atomic E-state index is 11.9. The summed E-state index contributed by atoms with van der Waals surface area (Å²) >= 11 is 6.04. The van der Waals surface area contributed by atoms with Crippen LogP contribution in [0.3, 0.4) is 0 Å². The molecule has 0 saturated heterocycles. The predicted molar refractivity (Wildman–Crippen MR) is 99.2 cm³/mol. The van der Waals surface area contributed by atoms with E-state index in [4.69, 9.17) is 21.1 Å². The van der Waals surface area contributed by atoms with Gasteiger partial charge in [0.2, 0.25) is 0 Å². The number of carbonyl (C=O) groups is 1. The van der Waals surface area contributed by atoms with Crippen LogP contribution in [0.25, 0.3) is 11.1 Å². The summed E-state index contributed by atoms with van der Waals surface area (Å²) in [7, 11) is 0. The first kappa shape index (κ1) is 17.1. The SMILES string of the molecule is Cc1ccc(Cl)c(OCC(=O)Oc2ccc(-c3ccccc3)cc2)c1. The predicted octanol–water partition coefficient (Wildman–Crippen LogP) is 5.30. The van der Waals surface area contributed by atoms with E-state index in [0.29, 0.717) is 16.5 Å². The lowest BCUT2D eigenvalue weighted by atomic mass is 10.1. The molecule has 3 aromatic rings. The van der Waals surface area contributed by atoms with Gasteiger partial charge in [-0.15, -0.1) is 0 Å². The first-order valence-electron chi connectivity index (χ1n) is 7.87. The standard InChI is InChI=1S/C21H17ClO3/c1-15-7-12-19(22)20(13-15)24-14-21(23)25-18-10-8-17(9-11-18)16-5-3-2-4-6-16/h2-13H,14H2,1H3. The second-order valence-electron chi connectivity index (χ2n) is 5.59. The number of aryl methyl sites for hydroxylation is 1. The van der Waals surface area contributed by atoms with Crippen LogP contribution in [0.4, 0.5) is 0 Å². The van der Waals surface area contributed by atoms with Crippen molar-refractivity contribution in [3.05, 3.63) is 83.4 Å².